The van der Waals surface area contributed by atoms with Gasteiger partial charge in [0.15, 0.2) is 0 Å². The Bertz CT molecular complexity index is 8210. The summed E-state index contributed by atoms with van der Waals surface area (Å²) in [5.74, 6) is 0. The zero-order valence-corrected chi connectivity index (χ0v) is 68.3. The van der Waals surface area contributed by atoms with E-state index in [9.17, 15) is 21.0 Å². The summed E-state index contributed by atoms with van der Waals surface area (Å²) in [6.45, 7) is 14.4. The van der Waals surface area contributed by atoms with Crippen molar-refractivity contribution < 1.29 is 26.3 Å². The Kier molecular flexibility index (Phi) is 18.2. The quantitative estimate of drug-likeness (QED) is 0.113. The van der Waals surface area contributed by atoms with E-state index in [4.69, 9.17) is 0 Å². The third-order valence-electron chi connectivity index (χ3n) is 24.8. The van der Waals surface area contributed by atoms with Crippen LogP contribution in [0.4, 0.5) is 26.3 Å². The van der Waals surface area contributed by atoms with E-state index in [1.54, 1.807) is 24.3 Å². The second-order valence-electron chi connectivity index (χ2n) is 32.7. The van der Waals surface area contributed by atoms with Crippen LogP contribution in [-0.4, -0.2) is 18.3 Å². The first-order valence-corrected chi connectivity index (χ1v) is 40.8. The number of benzene rings is 16. The topological polar surface area (TPSA) is 115 Å². The minimum absolute atomic E-state index is 0.154. The average Bonchev–Trinajstić information content (AvgIpc) is 1.56. The van der Waals surface area contributed by atoms with Crippen molar-refractivity contribution in [2.45, 2.75) is 67.2 Å². The maximum absolute atomic E-state index is 16.0. The number of aryl methyl sites for hydroxylation is 7. The van der Waals surface area contributed by atoms with Crippen molar-refractivity contribution in [3.05, 3.63) is 381 Å². The molecule has 0 unspecified atom stereocenters. The lowest BCUT2D eigenvalue weighted by molar-refractivity contribution is -0.137. The third kappa shape index (κ3) is 12.6. The highest BCUT2D eigenvalue weighted by Crippen LogP contribution is 2.50. The van der Waals surface area contributed by atoms with E-state index in [0.29, 0.717) is 51.2 Å². The number of nitriles is 4. The molecule has 4 heterocycles. The molecule has 0 atom stereocenters. The Morgan fingerprint density at radius 2 is 0.589 bits per heavy atom. The van der Waals surface area contributed by atoms with Gasteiger partial charge in [0.1, 0.15) is 23.3 Å². The molecule has 14 heteroatoms. The molecule has 8 nitrogen and oxygen atoms in total. The van der Waals surface area contributed by atoms with Crippen molar-refractivity contribution in [2.75, 3.05) is 0 Å². The van der Waals surface area contributed by atoms with Gasteiger partial charge < -0.3 is 18.3 Å². The molecule has 0 radical (unpaired) electrons. The zero-order valence-electron chi connectivity index (χ0n) is 68.3. The number of rotatable bonds is 12. The second-order valence-corrected chi connectivity index (χ2v) is 32.7. The smallest absolute Gasteiger partial charge is 0.308 e. The minimum atomic E-state index is -4.92. The second kappa shape index (κ2) is 29.3. The van der Waals surface area contributed by atoms with Crippen LogP contribution in [0.5, 0.6) is 0 Å². The largest absolute Gasteiger partial charge is 0.417 e. The fraction of sp³-hybridized carbons (Fsp3) is 0.0909. The van der Waals surface area contributed by atoms with Crippen LogP contribution in [0.3, 0.4) is 0 Å². The standard InChI is InChI=1S/C110H72F6N8/c1-62-23-33-79(66(5)43-62)71-31-41-99-90(50-71)87-18-10-13-21-98(87)121(99)104-54-77(83-37-27-69(58-117)47-94(83)109(111,112)113)55-105(92(104)60-119)122-100-42-32-72(80-34-24-63(2)44-67(80)6)51-91(100)108-75(15-14-22-101(108)122)49-76-46-65(4)26-36-82(76)74-30-40-89-86-17-9-12-20-97(86)124(103(89)53-74)107-57-78(84-38-28-70(59-118)48-95(84)110(114,115)116)56-106(93(107)61-120)123-96-19-11-8-16-85(96)88-39-29-73(52-102(88)123)81-35-25-64(3)45-68(81)7/h8-48,50-57H,49H2,1-7H3. The van der Waals surface area contributed by atoms with E-state index in [0.717, 1.165) is 172 Å². The van der Waals surface area contributed by atoms with Crippen LogP contribution >= 0.6 is 0 Å². The zero-order chi connectivity index (χ0) is 85.6. The Morgan fingerprint density at radius 1 is 0.250 bits per heavy atom. The molecule has 0 aliphatic carbocycles. The van der Waals surface area contributed by atoms with Gasteiger partial charge in [-0.2, -0.15) is 47.4 Å². The molecule has 0 fully saturated rings. The lowest BCUT2D eigenvalue weighted by atomic mass is 9.91. The molecule has 16 aromatic carbocycles. The summed E-state index contributed by atoms with van der Waals surface area (Å²) in [5.41, 5.74) is 21.6. The number of fused-ring (bicyclic) bond motifs is 12. The van der Waals surface area contributed by atoms with Gasteiger partial charge in [-0.05, 0) is 259 Å². The molecular formula is C110H72F6N8. The van der Waals surface area contributed by atoms with Crippen LogP contribution < -0.4 is 0 Å². The molecule has 0 amide bonds. The maximum Gasteiger partial charge on any atom is 0.417 e. The highest BCUT2D eigenvalue weighted by atomic mass is 19.4. The van der Waals surface area contributed by atoms with Crippen LogP contribution in [0.15, 0.2) is 297 Å². The van der Waals surface area contributed by atoms with Gasteiger partial charge in [-0.1, -0.05) is 210 Å². The Balaban J connectivity index is 0.818. The molecule has 594 valence electrons. The van der Waals surface area contributed by atoms with E-state index in [1.807, 2.05) is 147 Å². The minimum Gasteiger partial charge on any atom is -0.308 e. The number of halogens is 6. The number of hydrogen-bond acceptors (Lipinski definition) is 4. The Labute approximate surface area is 710 Å². The molecule has 20 aromatic rings. The predicted octanol–water partition coefficient (Wildman–Crippen LogP) is 29.4. The fourth-order valence-corrected chi connectivity index (χ4v) is 19.4. The van der Waals surface area contributed by atoms with E-state index in [1.165, 1.54) is 24.3 Å². The molecule has 0 aliphatic rings. The van der Waals surface area contributed by atoms with Crippen molar-refractivity contribution in [1.29, 1.82) is 21.0 Å². The first kappa shape index (κ1) is 76.9. The average molecular weight is 1620 g/mol. The van der Waals surface area contributed by atoms with Crippen molar-refractivity contribution in [2.24, 2.45) is 0 Å². The number of para-hydroxylation sites is 3. The summed E-state index contributed by atoms with van der Waals surface area (Å²) in [6, 6.07) is 103. The highest BCUT2D eigenvalue weighted by molar-refractivity contribution is 6.16. The van der Waals surface area contributed by atoms with E-state index >= 15 is 26.3 Å². The van der Waals surface area contributed by atoms with Crippen molar-refractivity contribution in [1.82, 2.24) is 18.3 Å². The van der Waals surface area contributed by atoms with Gasteiger partial charge in [0.05, 0.1) is 101 Å². The lowest BCUT2D eigenvalue weighted by Gasteiger charge is -2.20. The van der Waals surface area contributed by atoms with Crippen LogP contribution in [0.2, 0.25) is 0 Å². The van der Waals surface area contributed by atoms with Crippen molar-refractivity contribution in [3.8, 4) is 114 Å². The maximum atomic E-state index is 16.0. The number of nitrogens with zero attached hydrogens (tertiary/aromatic N) is 8. The summed E-state index contributed by atoms with van der Waals surface area (Å²) in [5, 5.41) is 51.5. The first-order chi connectivity index (χ1) is 59.9. The summed E-state index contributed by atoms with van der Waals surface area (Å²) in [6.07, 6.45) is -9.50. The predicted molar refractivity (Wildman–Crippen MR) is 488 cm³/mol. The molecular weight excluding hydrogens is 1550 g/mol. The normalized spacial score (nSPS) is 11.9. The summed E-state index contributed by atoms with van der Waals surface area (Å²) in [4.78, 5) is 0. The molecule has 0 saturated heterocycles. The summed E-state index contributed by atoms with van der Waals surface area (Å²) < 4.78 is 104. The molecule has 4 aromatic heterocycles. The van der Waals surface area contributed by atoms with Crippen LogP contribution in [-0.2, 0) is 18.8 Å². The molecule has 0 saturated carbocycles. The lowest BCUT2D eigenvalue weighted by Crippen LogP contribution is -2.09. The summed E-state index contributed by atoms with van der Waals surface area (Å²) >= 11 is 0. The molecule has 0 bridgehead atoms. The van der Waals surface area contributed by atoms with Crippen molar-refractivity contribution in [3.63, 3.8) is 0 Å². The van der Waals surface area contributed by atoms with Crippen LogP contribution in [0.25, 0.3) is 177 Å². The first-order valence-electron chi connectivity index (χ1n) is 40.8. The van der Waals surface area contributed by atoms with E-state index in [-0.39, 0.29) is 44.5 Å². The fourth-order valence-electron chi connectivity index (χ4n) is 19.4. The summed E-state index contributed by atoms with van der Waals surface area (Å²) in [7, 11) is 0. The number of hydrogen-bond donors (Lipinski definition) is 0. The van der Waals surface area contributed by atoms with Crippen molar-refractivity contribution >= 4 is 87.2 Å². The van der Waals surface area contributed by atoms with E-state index < -0.39 is 23.5 Å². The third-order valence-corrected chi connectivity index (χ3v) is 24.8. The monoisotopic (exact) mass is 1620 g/mol. The molecule has 20 rings (SSSR count). The number of aromatic nitrogens is 4. The molecule has 0 aliphatic heterocycles. The van der Waals surface area contributed by atoms with Gasteiger partial charge in [0.25, 0.3) is 0 Å². The van der Waals surface area contributed by atoms with Gasteiger partial charge >= 0.3 is 12.4 Å². The van der Waals surface area contributed by atoms with Gasteiger partial charge in [-0.15, -0.1) is 0 Å². The highest BCUT2D eigenvalue weighted by Gasteiger charge is 2.38. The molecule has 124 heavy (non-hydrogen) atoms. The Morgan fingerprint density at radius 3 is 1.02 bits per heavy atom. The van der Waals surface area contributed by atoms with Gasteiger partial charge in [0.2, 0.25) is 0 Å². The van der Waals surface area contributed by atoms with Crippen LogP contribution in [0.1, 0.15) is 83.5 Å². The SMILES string of the molecule is Cc1ccc(-c2ccc3c(c2)c2ccccc2n3-c2cc(-c3ccc(C#N)cc3C(F)(F)F)cc(-n3c4ccc(-c5ccc(C)cc5C)cc4c4c(Cc5cc(C)ccc5-c5ccc6c7ccccc7n(-c7cc(-c8ccc(C#N)cc8C(F)(F)F)cc(-n8c9ccccc9c9ccc(-c%10ccc(C)cc%10C)cc98)c7C#N)c6c5)cccc43)c2C#N)c(C)c1. The molecule has 0 N–H and O–H groups in total. The van der Waals surface area contributed by atoms with E-state index in [2.05, 4.69) is 180 Å². The Hall–Kier alpha value is -15.7. The van der Waals surface area contributed by atoms with Gasteiger partial charge in [-0.3, -0.25) is 0 Å². The number of alkyl halides is 6. The van der Waals surface area contributed by atoms with Gasteiger partial charge in [-0.25, -0.2) is 0 Å². The molecule has 0 spiro atoms. The van der Waals surface area contributed by atoms with Gasteiger partial charge in [0, 0.05) is 43.1 Å². The van der Waals surface area contributed by atoms with Crippen LogP contribution in [0, 0.1) is 93.8 Å².